The predicted molar refractivity (Wildman–Crippen MR) is 129 cm³/mol. The molecule has 2 aliphatic rings. The number of nitrogens with zero attached hydrogens (tertiary/aromatic N) is 5. The van der Waals surface area contributed by atoms with Crippen molar-refractivity contribution in [3.05, 3.63) is 77.5 Å². The van der Waals surface area contributed by atoms with Crippen molar-refractivity contribution in [3.8, 4) is 5.88 Å². The Morgan fingerprint density at radius 2 is 2.00 bits per heavy atom. The number of aliphatic imine (C=N–C) groups is 1. The molecule has 1 fully saturated rings. The van der Waals surface area contributed by atoms with Gasteiger partial charge >= 0.3 is 0 Å². The molecule has 10 heteroatoms. The van der Waals surface area contributed by atoms with Crippen LogP contribution in [0.3, 0.4) is 0 Å². The fraction of sp³-hybridized carbons (Fsp3) is 0.292. The lowest BCUT2D eigenvalue weighted by molar-refractivity contribution is 0.0977. The van der Waals surface area contributed by atoms with Gasteiger partial charge < -0.3 is 15.0 Å². The van der Waals surface area contributed by atoms with E-state index in [0.29, 0.717) is 36.3 Å². The number of carbonyl (C=O) groups excluding carboxylic acids is 1. The van der Waals surface area contributed by atoms with Crippen molar-refractivity contribution in [1.82, 2.24) is 20.3 Å². The first-order valence-corrected chi connectivity index (χ1v) is 11.7. The highest BCUT2D eigenvalue weighted by molar-refractivity contribution is 8.14. The molecule has 0 aliphatic carbocycles. The molecule has 8 nitrogen and oxygen atoms in total. The van der Waals surface area contributed by atoms with Gasteiger partial charge in [0.25, 0.3) is 11.8 Å². The van der Waals surface area contributed by atoms with Crippen molar-refractivity contribution in [3.63, 3.8) is 0 Å². The van der Waals surface area contributed by atoms with Gasteiger partial charge in [0, 0.05) is 37.3 Å². The second-order valence-electron chi connectivity index (χ2n) is 8.18. The summed E-state index contributed by atoms with van der Waals surface area (Å²) in [5.74, 6) is -0.367. The van der Waals surface area contributed by atoms with E-state index in [1.54, 1.807) is 25.3 Å². The lowest BCUT2D eigenvalue weighted by Gasteiger charge is -2.36. The number of pyridine rings is 1. The van der Waals surface area contributed by atoms with Gasteiger partial charge in [-0.05, 0) is 31.2 Å². The first kappa shape index (κ1) is 22.3. The van der Waals surface area contributed by atoms with Crippen LogP contribution in [0.4, 0.5) is 10.3 Å². The zero-order valence-electron chi connectivity index (χ0n) is 18.7. The molecule has 0 saturated carbocycles. The van der Waals surface area contributed by atoms with Crippen molar-refractivity contribution in [2.45, 2.75) is 11.7 Å². The molecular weight excluding hydrogens is 455 g/mol. The fourth-order valence-electron chi connectivity index (χ4n) is 4.34. The van der Waals surface area contributed by atoms with E-state index in [1.165, 1.54) is 18.9 Å². The predicted octanol–water partition coefficient (Wildman–Crippen LogP) is 3.19. The van der Waals surface area contributed by atoms with Gasteiger partial charge in [0.05, 0.1) is 23.2 Å². The first-order chi connectivity index (χ1) is 16.5. The van der Waals surface area contributed by atoms with Gasteiger partial charge in [-0.2, -0.15) is 9.37 Å². The third-order valence-corrected chi connectivity index (χ3v) is 7.53. The maximum absolute atomic E-state index is 14.3. The highest BCUT2D eigenvalue weighted by Gasteiger charge is 2.53. The quantitative estimate of drug-likeness (QED) is 0.616. The molecular formula is C24H23FN6O2S. The number of amidine groups is 1. The Labute approximate surface area is 200 Å². The summed E-state index contributed by atoms with van der Waals surface area (Å²) in [5.41, 5.74) is 1.68. The number of fused-ring (bicyclic) bond motifs is 1. The van der Waals surface area contributed by atoms with Crippen LogP contribution in [0.5, 0.6) is 5.88 Å². The lowest BCUT2D eigenvalue weighted by Crippen LogP contribution is -2.42. The van der Waals surface area contributed by atoms with Crippen LogP contribution in [-0.4, -0.2) is 52.8 Å². The van der Waals surface area contributed by atoms with Crippen LogP contribution in [-0.2, 0) is 4.75 Å². The minimum atomic E-state index is -0.564. The van der Waals surface area contributed by atoms with Gasteiger partial charge in [-0.1, -0.05) is 36.0 Å². The standard InChI is InChI=1S/C24H23FN6O2S/c1-15-19(25)21(33-2)30-22(28-15)31-13-17-12-27-23(29-20(32)16-8-4-3-5-9-16)34-24(17,14-31)18-10-6-7-11-26-18/h3-11,17H,12-14H2,1-2H3,(H,27,29,32)/t17-,24-/m0/s1. The zero-order chi connectivity index (χ0) is 23.7. The van der Waals surface area contributed by atoms with E-state index in [4.69, 9.17) is 4.74 Å². The first-order valence-electron chi connectivity index (χ1n) is 10.8. The molecule has 0 radical (unpaired) electrons. The molecule has 34 heavy (non-hydrogen) atoms. The minimum absolute atomic E-state index is 0.0797. The van der Waals surface area contributed by atoms with Gasteiger partial charge in [0.2, 0.25) is 11.8 Å². The molecule has 174 valence electrons. The smallest absolute Gasteiger partial charge is 0.257 e. The summed E-state index contributed by atoms with van der Waals surface area (Å²) in [6.45, 7) is 3.23. The molecule has 1 saturated heterocycles. The average Bonchev–Trinajstić information content (AvgIpc) is 3.27. The van der Waals surface area contributed by atoms with Crippen LogP contribution in [0.1, 0.15) is 21.7 Å². The minimum Gasteiger partial charge on any atom is -0.479 e. The van der Waals surface area contributed by atoms with Crippen molar-refractivity contribution in [1.29, 1.82) is 0 Å². The van der Waals surface area contributed by atoms with Crippen LogP contribution in [0.25, 0.3) is 0 Å². The molecule has 2 atom stereocenters. The number of nitrogens with one attached hydrogen (secondary N) is 1. The number of anilines is 1. The van der Waals surface area contributed by atoms with E-state index in [9.17, 15) is 9.18 Å². The number of ether oxygens (including phenoxy) is 1. The summed E-state index contributed by atoms with van der Waals surface area (Å²) in [6, 6.07) is 14.9. The molecule has 5 rings (SSSR count). The summed E-state index contributed by atoms with van der Waals surface area (Å²) >= 11 is 1.49. The number of carbonyl (C=O) groups is 1. The Morgan fingerprint density at radius 1 is 1.21 bits per heavy atom. The molecule has 0 bridgehead atoms. The topological polar surface area (TPSA) is 92.6 Å². The summed E-state index contributed by atoms with van der Waals surface area (Å²) in [7, 11) is 1.39. The van der Waals surface area contributed by atoms with E-state index in [1.807, 2.05) is 41.3 Å². The number of aryl methyl sites for hydroxylation is 1. The van der Waals surface area contributed by atoms with E-state index in [2.05, 4.69) is 25.3 Å². The largest absolute Gasteiger partial charge is 0.479 e. The maximum atomic E-state index is 14.3. The van der Waals surface area contributed by atoms with Gasteiger partial charge in [0.15, 0.2) is 5.17 Å². The molecule has 1 aromatic carbocycles. The van der Waals surface area contributed by atoms with Gasteiger partial charge in [-0.25, -0.2) is 4.98 Å². The third kappa shape index (κ3) is 3.98. The number of thioether (sulfide) groups is 1. The Hall–Kier alpha value is -3.53. The molecule has 3 aromatic rings. The number of hydrogen-bond donors (Lipinski definition) is 1. The Bertz CT molecular complexity index is 1240. The highest BCUT2D eigenvalue weighted by Crippen LogP contribution is 2.50. The lowest BCUT2D eigenvalue weighted by atomic mass is 9.91. The Balaban J connectivity index is 1.46. The number of methoxy groups -OCH3 is 1. The molecule has 2 aromatic heterocycles. The van der Waals surface area contributed by atoms with Gasteiger partial charge in [-0.3, -0.25) is 14.8 Å². The van der Waals surface area contributed by atoms with E-state index < -0.39 is 10.6 Å². The summed E-state index contributed by atoms with van der Waals surface area (Å²) in [6.07, 6.45) is 1.76. The number of aromatic nitrogens is 3. The van der Waals surface area contributed by atoms with Gasteiger partial charge in [0.1, 0.15) is 0 Å². The molecule has 4 heterocycles. The molecule has 1 amide bonds. The second-order valence-corrected chi connectivity index (χ2v) is 9.50. The van der Waals surface area contributed by atoms with Crippen molar-refractivity contribution in [2.75, 3.05) is 31.6 Å². The SMILES string of the molecule is COc1nc(N2C[C@@H]3CN=C(NC(=O)c4ccccc4)S[C@@]3(c3ccccn3)C2)nc(C)c1F. The summed E-state index contributed by atoms with van der Waals surface area (Å²) < 4.78 is 18.9. The third-order valence-electron chi connectivity index (χ3n) is 6.07. The monoisotopic (exact) mass is 478 g/mol. The normalized spacial score (nSPS) is 21.6. The summed E-state index contributed by atoms with van der Waals surface area (Å²) in [5, 5.41) is 3.51. The molecule has 0 unspecified atom stereocenters. The average molecular weight is 479 g/mol. The second kappa shape index (κ2) is 9.02. The molecule has 0 spiro atoms. The zero-order valence-corrected chi connectivity index (χ0v) is 19.6. The number of rotatable bonds is 4. The Kier molecular flexibility index (Phi) is 5.91. The van der Waals surface area contributed by atoms with Crippen LogP contribution < -0.4 is 15.0 Å². The Morgan fingerprint density at radius 3 is 2.74 bits per heavy atom. The fourth-order valence-corrected chi connectivity index (χ4v) is 5.73. The van der Waals surface area contributed by atoms with Crippen LogP contribution >= 0.6 is 11.8 Å². The van der Waals surface area contributed by atoms with Gasteiger partial charge in [-0.15, -0.1) is 0 Å². The van der Waals surface area contributed by atoms with Crippen LogP contribution in [0.15, 0.2) is 59.7 Å². The van der Waals surface area contributed by atoms with E-state index in [-0.39, 0.29) is 23.4 Å². The number of hydrogen-bond acceptors (Lipinski definition) is 8. The summed E-state index contributed by atoms with van der Waals surface area (Å²) in [4.78, 5) is 32.8. The highest BCUT2D eigenvalue weighted by atomic mass is 32.2. The maximum Gasteiger partial charge on any atom is 0.257 e. The molecule has 1 N–H and O–H groups in total. The van der Waals surface area contributed by atoms with Crippen LogP contribution in [0.2, 0.25) is 0 Å². The van der Waals surface area contributed by atoms with Crippen LogP contribution in [0, 0.1) is 18.7 Å². The van der Waals surface area contributed by atoms with Crippen molar-refractivity contribution >= 4 is 28.8 Å². The number of benzene rings is 1. The molecule has 2 aliphatic heterocycles. The number of halogens is 1. The number of amides is 1. The van der Waals surface area contributed by atoms with E-state index >= 15 is 0 Å². The van der Waals surface area contributed by atoms with Crippen molar-refractivity contribution < 1.29 is 13.9 Å². The van der Waals surface area contributed by atoms with E-state index in [0.717, 1.165) is 5.69 Å². The van der Waals surface area contributed by atoms with Crippen molar-refractivity contribution in [2.24, 2.45) is 10.9 Å².